The van der Waals surface area contributed by atoms with Gasteiger partial charge in [-0.1, -0.05) is 6.92 Å². The lowest BCUT2D eigenvalue weighted by atomic mass is 9.96. The highest BCUT2D eigenvalue weighted by atomic mass is 16.3. The maximum Gasteiger partial charge on any atom is 0.0639 e. The number of aliphatic hydroxyl groups is 1. The van der Waals surface area contributed by atoms with Crippen molar-refractivity contribution in [2.75, 3.05) is 32.7 Å². The van der Waals surface area contributed by atoms with Gasteiger partial charge >= 0.3 is 0 Å². The quantitative estimate of drug-likeness (QED) is 0.650. The minimum absolute atomic E-state index is 0.181. The third-order valence-corrected chi connectivity index (χ3v) is 3.09. The molecule has 0 radical (unpaired) electrons. The summed E-state index contributed by atoms with van der Waals surface area (Å²) < 4.78 is 0. The van der Waals surface area contributed by atoms with Gasteiger partial charge in [0.2, 0.25) is 0 Å². The minimum atomic E-state index is -0.181. The smallest absolute Gasteiger partial charge is 0.0639 e. The Balaban J connectivity index is 2.07. The van der Waals surface area contributed by atoms with Crippen LogP contribution in [0.4, 0.5) is 0 Å². The molecule has 0 aromatic carbocycles. The zero-order valence-corrected chi connectivity index (χ0v) is 10.2. The van der Waals surface area contributed by atoms with Gasteiger partial charge in [-0.05, 0) is 58.3 Å². The summed E-state index contributed by atoms with van der Waals surface area (Å²) in [5.74, 6) is 0.849. The minimum Gasteiger partial charge on any atom is -0.392 e. The fourth-order valence-electron chi connectivity index (χ4n) is 2.23. The monoisotopic (exact) mass is 214 g/mol. The lowest BCUT2D eigenvalue weighted by molar-refractivity contribution is 0.0999. The lowest BCUT2D eigenvalue weighted by Crippen LogP contribution is -2.40. The highest BCUT2D eigenvalue weighted by Crippen LogP contribution is 2.16. The number of likely N-dealkylation sites (tertiary alicyclic amines) is 1. The molecule has 15 heavy (non-hydrogen) atoms. The Kier molecular flexibility index (Phi) is 6.22. The maximum absolute atomic E-state index is 9.29. The molecule has 0 bridgehead atoms. The second kappa shape index (κ2) is 7.20. The van der Waals surface area contributed by atoms with Crippen LogP contribution in [0.25, 0.3) is 0 Å². The van der Waals surface area contributed by atoms with Crippen molar-refractivity contribution in [1.29, 1.82) is 0 Å². The van der Waals surface area contributed by atoms with Crippen LogP contribution in [0.5, 0.6) is 0 Å². The molecule has 1 fully saturated rings. The van der Waals surface area contributed by atoms with Crippen LogP contribution in [0.1, 0.15) is 33.1 Å². The van der Waals surface area contributed by atoms with Gasteiger partial charge in [0.25, 0.3) is 0 Å². The topological polar surface area (TPSA) is 35.5 Å². The van der Waals surface area contributed by atoms with E-state index in [0.29, 0.717) is 0 Å². The van der Waals surface area contributed by atoms with Crippen molar-refractivity contribution in [3.05, 3.63) is 0 Å². The van der Waals surface area contributed by atoms with Gasteiger partial charge in [-0.25, -0.2) is 0 Å². The summed E-state index contributed by atoms with van der Waals surface area (Å²) in [5, 5.41) is 12.8. The van der Waals surface area contributed by atoms with Gasteiger partial charge in [-0.3, -0.25) is 0 Å². The summed E-state index contributed by atoms with van der Waals surface area (Å²) >= 11 is 0. The number of nitrogens with zero attached hydrogens (tertiary/aromatic N) is 1. The molecule has 1 rings (SSSR count). The Hall–Kier alpha value is -0.120. The molecule has 1 heterocycles. The second-order valence-corrected chi connectivity index (χ2v) is 4.80. The summed E-state index contributed by atoms with van der Waals surface area (Å²) in [5.41, 5.74) is 0. The molecule has 90 valence electrons. The molecule has 1 saturated heterocycles. The van der Waals surface area contributed by atoms with Crippen LogP contribution in [0, 0.1) is 5.92 Å². The standard InChI is InChI=1S/C12H26N2O/c1-3-6-13-9-12-4-7-14(8-5-12)10-11(2)15/h11-13,15H,3-10H2,1-2H3. The van der Waals surface area contributed by atoms with E-state index in [4.69, 9.17) is 0 Å². The third kappa shape index (κ3) is 5.50. The van der Waals surface area contributed by atoms with Crippen LogP contribution in [-0.4, -0.2) is 48.8 Å². The first-order valence-electron chi connectivity index (χ1n) is 6.33. The highest BCUT2D eigenvalue weighted by Gasteiger charge is 2.19. The molecular formula is C12H26N2O. The maximum atomic E-state index is 9.29. The Labute approximate surface area is 93.9 Å². The number of aliphatic hydroxyl groups excluding tert-OH is 1. The molecule has 3 nitrogen and oxygen atoms in total. The predicted molar refractivity (Wildman–Crippen MR) is 64.0 cm³/mol. The van der Waals surface area contributed by atoms with Gasteiger partial charge in [-0.2, -0.15) is 0 Å². The van der Waals surface area contributed by atoms with Gasteiger partial charge in [0.1, 0.15) is 0 Å². The van der Waals surface area contributed by atoms with Crippen molar-refractivity contribution < 1.29 is 5.11 Å². The first kappa shape index (κ1) is 12.9. The molecule has 1 atom stereocenters. The van der Waals surface area contributed by atoms with Crippen molar-refractivity contribution in [1.82, 2.24) is 10.2 Å². The molecular weight excluding hydrogens is 188 g/mol. The molecule has 1 aliphatic heterocycles. The summed E-state index contributed by atoms with van der Waals surface area (Å²) in [7, 11) is 0. The Bertz CT molecular complexity index is 154. The van der Waals surface area contributed by atoms with Crippen LogP contribution < -0.4 is 5.32 Å². The van der Waals surface area contributed by atoms with Crippen molar-refractivity contribution in [3.8, 4) is 0 Å². The fraction of sp³-hybridized carbons (Fsp3) is 1.00. The zero-order chi connectivity index (χ0) is 11.1. The molecule has 0 aromatic rings. The first-order valence-corrected chi connectivity index (χ1v) is 6.33. The van der Waals surface area contributed by atoms with Crippen molar-refractivity contribution in [3.63, 3.8) is 0 Å². The number of hydrogen-bond acceptors (Lipinski definition) is 3. The van der Waals surface area contributed by atoms with Gasteiger partial charge < -0.3 is 15.3 Å². The number of nitrogens with one attached hydrogen (secondary N) is 1. The largest absolute Gasteiger partial charge is 0.392 e. The summed E-state index contributed by atoms with van der Waals surface area (Å²) in [6, 6.07) is 0. The Morgan fingerprint density at radius 1 is 1.40 bits per heavy atom. The van der Waals surface area contributed by atoms with E-state index in [1.54, 1.807) is 0 Å². The summed E-state index contributed by atoms with van der Waals surface area (Å²) in [6.45, 7) is 9.55. The van der Waals surface area contributed by atoms with E-state index in [2.05, 4.69) is 17.1 Å². The normalized spacial score (nSPS) is 21.8. The molecule has 3 heteroatoms. The van der Waals surface area contributed by atoms with Crippen LogP contribution in [0.2, 0.25) is 0 Å². The van der Waals surface area contributed by atoms with Crippen LogP contribution in [0.3, 0.4) is 0 Å². The number of rotatable bonds is 6. The van der Waals surface area contributed by atoms with E-state index in [9.17, 15) is 5.11 Å². The average Bonchev–Trinajstić information content (AvgIpc) is 2.20. The van der Waals surface area contributed by atoms with Gasteiger partial charge in [0.15, 0.2) is 0 Å². The Morgan fingerprint density at radius 2 is 2.07 bits per heavy atom. The van der Waals surface area contributed by atoms with Crippen molar-refractivity contribution >= 4 is 0 Å². The van der Waals surface area contributed by atoms with E-state index in [-0.39, 0.29) is 6.10 Å². The number of β-amino-alcohol motifs (C(OH)–C–C–N with tert-alkyl or cyclic N) is 1. The SMILES string of the molecule is CCCNCC1CCN(CC(C)O)CC1. The lowest BCUT2D eigenvalue weighted by Gasteiger charge is -2.32. The first-order chi connectivity index (χ1) is 7.22. The fourth-order valence-corrected chi connectivity index (χ4v) is 2.23. The molecule has 0 amide bonds. The molecule has 0 aromatic heterocycles. The van der Waals surface area contributed by atoms with E-state index >= 15 is 0 Å². The molecule has 1 unspecified atom stereocenters. The average molecular weight is 214 g/mol. The summed E-state index contributed by atoms with van der Waals surface area (Å²) in [6.07, 6.45) is 3.60. The van der Waals surface area contributed by atoms with Crippen molar-refractivity contribution in [2.45, 2.75) is 39.2 Å². The summed E-state index contributed by atoms with van der Waals surface area (Å²) in [4.78, 5) is 2.38. The van der Waals surface area contributed by atoms with Gasteiger partial charge in [-0.15, -0.1) is 0 Å². The number of hydrogen-bond donors (Lipinski definition) is 2. The van der Waals surface area contributed by atoms with E-state index in [1.807, 2.05) is 6.92 Å². The number of piperidine rings is 1. The Morgan fingerprint density at radius 3 is 2.60 bits per heavy atom. The van der Waals surface area contributed by atoms with Crippen LogP contribution >= 0.6 is 0 Å². The zero-order valence-electron chi connectivity index (χ0n) is 10.2. The van der Waals surface area contributed by atoms with Crippen molar-refractivity contribution in [2.24, 2.45) is 5.92 Å². The molecule has 1 aliphatic rings. The molecule has 0 saturated carbocycles. The van der Waals surface area contributed by atoms with Crippen LogP contribution in [-0.2, 0) is 0 Å². The molecule has 2 N–H and O–H groups in total. The van der Waals surface area contributed by atoms with Crippen LogP contribution in [0.15, 0.2) is 0 Å². The third-order valence-electron chi connectivity index (χ3n) is 3.09. The van der Waals surface area contributed by atoms with E-state index < -0.39 is 0 Å². The molecule has 0 spiro atoms. The second-order valence-electron chi connectivity index (χ2n) is 4.80. The van der Waals surface area contributed by atoms with E-state index in [0.717, 1.165) is 32.1 Å². The molecule has 0 aliphatic carbocycles. The van der Waals surface area contributed by atoms with Gasteiger partial charge in [0.05, 0.1) is 6.10 Å². The predicted octanol–water partition coefficient (Wildman–Crippen LogP) is 1.08. The van der Waals surface area contributed by atoms with Gasteiger partial charge in [0, 0.05) is 6.54 Å². The highest BCUT2D eigenvalue weighted by molar-refractivity contribution is 4.74. The van der Waals surface area contributed by atoms with E-state index in [1.165, 1.54) is 25.8 Å².